The lowest BCUT2D eigenvalue weighted by molar-refractivity contribution is -0.130. The number of anilines is 1. The van der Waals surface area contributed by atoms with Crippen molar-refractivity contribution in [2.45, 2.75) is 51.2 Å². The van der Waals surface area contributed by atoms with Crippen LogP contribution in [0.15, 0.2) is 12.1 Å². The Morgan fingerprint density at radius 2 is 1.88 bits per heavy atom. The number of carbonyl (C=O) groups excluding carboxylic acids is 3. The second kappa shape index (κ2) is 12.4. The Labute approximate surface area is 206 Å². The minimum Gasteiger partial charge on any atom is -0.496 e. The van der Waals surface area contributed by atoms with Crippen molar-refractivity contribution in [3.05, 3.63) is 22.7 Å². The van der Waals surface area contributed by atoms with Gasteiger partial charge in [-0.25, -0.2) is 0 Å². The first-order chi connectivity index (χ1) is 16.3. The van der Waals surface area contributed by atoms with Crippen molar-refractivity contribution in [3.8, 4) is 5.75 Å². The molecule has 2 aliphatic heterocycles. The smallest absolute Gasteiger partial charge is 0.255 e. The minimum absolute atomic E-state index is 0.168. The number of carbonyl (C=O) groups is 3. The predicted molar refractivity (Wildman–Crippen MR) is 130 cm³/mol. The van der Waals surface area contributed by atoms with Crippen molar-refractivity contribution >= 4 is 35.0 Å². The zero-order chi connectivity index (χ0) is 24.7. The summed E-state index contributed by atoms with van der Waals surface area (Å²) in [6, 6.07) is 2.87. The van der Waals surface area contributed by atoms with E-state index in [9.17, 15) is 14.4 Å². The third-order valence-electron chi connectivity index (χ3n) is 6.43. The number of hydrogen-bond donors (Lipinski definition) is 2. The quantitative estimate of drug-likeness (QED) is 0.547. The molecule has 34 heavy (non-hydrogen) atoms. The first-order valence-corrected chi connectivity index (χ1v) is 12.2. The fourth-order valence-corrected chi connectivity index (χ4v) is 4.81. The number of nitrogens with one attached hydrogen (secondary N) is 2. The van der Waals surface area contributed by atoms with Gasteiger partial charge in [0.05, 0.1) is 35.5 Å². The number of ether oxygens (including phenoxy) is 2. The largest absolute Gasteiger partial charge is 0.496 e. The molecule has 0 saturated carbocycles. The van der Waals surface area contributed by atoms with Gasteiger partial charge in [-0.15, -0.1) is 0 Å². The van der Waals surface area contributed by atoms with E-state index in [4.69, 9.17) is 21.1 Å². The third-order valence-corrected chi connectivity index (χ3v) is 6.74. The SMILES string of the molecule is COc1cc(NC(C)=O)c(Cl)cc1C(=O)N[C@H]1CCN(CCCC(=O)N2CCCC2)C[C@H]1OC. The molecule has 0 aliphatic carbocycles. The van der Waals surface area contributed by atoms with Gasteiger partial charge in [-0.3, -0.25) is 14.4 Å². The Bertz CT molecular complexity index is 890. The maximum absolute atomic E-state index is 13.0. The second-order valence-electron chi connectivity index (χ2n) is 8.85. The Balaban J connectivity index is 1.54. The minimum atomic E-state index is -0.315. The Morgan fingerprint density at radius 1 is 1.15 bits per heavy atom. The summed E-state index contributed by atoms with van der Waals surface area (Å²) < 4.78 is 11.0. The van der Waals surface area contributed by atoms with Gasteiger partial charge >= 0.3 is 0 Å². The van der Waals surface area contributed by atoms with E-state index in [2.05, 4.69) is 15.5 Å². The van der Waals surface area contributed by atoms with Gasteiger partial charge in [-0.1, -0.05) is 11.6 Å². The van der Waals surface area contributed by atoms with Crippen molar-refractivity contribution in [2.75, 3.05) is 52.3 Å². The summed E-state index contributed by atoms with van der Waals surface area (Å²) in [7, 11) is 3.10. The van der Waals surface area contributed by atoms with E-state index in [0.29, 0.717) is 30.0 Å². The van der Waals surface area contributed by atoms with Crippen LogP contribution in [0.1, 0.15) is 49.4 Å². The van der Waals surface area contributed by atoms with Gasteiger partial charge in [0.2, 0.25) is 11.8 Å². The van der Waals surface area contributed by atoms with Crippen LogP contribution in [0.25, 0.3) is 0 Å². The molecule has 3 amide bonds. The van der Waals surface area contributed by atoms with Crippen LogP contribution >= 0.6 is 11.6 Å². The van der Waals surface area contributed by atoms with E-state index in [1.54, 1.807) is 13.2 Å². The number of hydrogen-bond acceptors (Lipinski definition) is 6. The fraction of sp³-hybridized carbons (Fsp3) is 0.625. The molecule has 2 saturated heterocycles. The molecule has 0 aromatic heterocycles. The summed E-state index contributed by atoms with van der Waals surface area (Å²) in [5, 5.41) is 5.93. The van der Waals surface area contributed by atoms with Gasteiger partial charge in [-0.05, 0) is 38.3 Å². The fourth-order valence-electron chi connectivity index (χ4n) is 4.60. The van der Waals surface area contributed by atoms with Gasteiger partial charge in [0.25, 0.3) is 5.91 Å². The van der Waals surface area contributed by atoms with E-state index in [1.165, 1.54) is 20.1 Å². The van der Waals surface area contributed by atoms with E-state index >= 15 is 0 Å². The number of rotatable bonds is 9. The van der Waals surface area contributed by atoms with E-state index in [1.807, 2.05) is 4.90 Å². The molecule has 2 aliphatic rings. The lowest BCUT2D eigenvalue weighted by Gasteiger charge is -2.38. The van der Waals surface area contributed by atoms with E-state index in [-0.39, 0.29) is 34.9 Å². The van der Waals surface area contributed by atoms with E-state index < -0.39 is 0 Å². The van der Waals surface area contributed by atoms with Crippen LogP contribution in [0.3, 0.4) is 0 Å². The van der Waals surface area contributed by atoms with Crippen LogP contribution in [-0.4, -0.2) is 86.6 Å². The molecule has 2 atom stereocenters. The number of methoxy groups -OCH3 is 2. The summed E-state index contributed by atoms with van der Waals surface area (Å²) in [4.78, 5) is 40.9. The lowest BCUT2D eigenvalue weighted by atomic mass is 10.0. The lowest BCUT2D eigenvalue weighted by Crippen LogP contribution is -2.55. The number of halogens is 1. The first-order valence-electron chi connectivity index (χ1n) is 11.8. The highest BCUT2D eigenvalue weighted by molar-refractivity contribution is 6.34. The first kappa shape index (κ1) is 26.2. The van der Waals surface area contributed by atoms with E-state index in [0.717, 1.165) is 51.9 Å². The molecule has 0 radical (unpaired) electrons. The molecule has 1 aromatic rings. The normalized spacial score (nSPS) is 20.8. The molecule has 188 valence electrons. The molecule has 1 aromatic carbocycles. The van der Waals surface area contributed by atoms with Crippen LogP contribution < -0.4 is 15.4 Å². The predicted octanol–water partition coefficient (Wildman–Crippen LogP) is 2.53. The molecule has 0 unspecified atom stereocenters. The van der Waals surface area contributed by atoms with Crippen LogP contribution in [-0.2, 0) is 14.3 Å². The highest BCUT2D eigenvalue weighted by Gasteiger charge is 2.31. The molecular formula is C24H35ClN4O5. The van der Waals surface area contributed by atoms with Crippen molar-refractivity contribution in [1.29, 1.82) is 0 Å². The average molecular weight is 495 g/mol. The van der Waals surface area contributed by atoms with Gasteiger partial charge in [0.15, 0.2) is 0 Å². The second-order valence-corrected chi connectivity index (χ2v) is 9.26. The highest BCUT2D eigenvalue weighted by atomic mass is 35.5. The summed E-state index contributed by atoms with van der Waals surface area (Å²) in [5.41, 5.74) is 0.674. The molecule has 2 fully saturated rings. The molecule has 0 bridgehead atoms. The molecule has 0 spiro atoms. The summed E-state index contributed by atoms with van der Waals surface area (Å²) in [6.07, 6.45) is 4.16. The Morgan fingerprint density at radius 3 is 2.53 bits per heavy atom. The van der Waals surface area contributed by atoms with Crippen LogP contribution in [0.4, 0.5) is 5.69 Å². The molecule has 10 heteroatoms. The van der Waals surface area contributed by atoms with Crippen molar-refractivity contribution < 1.29 is 23.9 Å². The van der Waals surface area contributed by atoms with Gasteiger partial charge in [-0.2, -0.15) is 0 Å². The van der Waals surface area contributed by atoms with Crippen LogP contribution in [0.5, 0.6) is 5.75 Å². The zero-order valence-corrected chi connectivity index (χ0v) is 21.0. The third kappa shape index (κ3) is 6.84. The van der Waals surface area contributed by atoms with Crippen molar-refractivity contribution in [3.63, 3.8) is 0 Å². The summed E-state index contributed by atoms with van der Waals surface area (Å²) >= 11 is 6.27. The molecular weight excluding hydrogens is 460 g/mol. The van der Waals surface area contributed by atoms with Crippen LogP contribution in [0.2, 0.25) is 5.02 Å². The monoisotopic (exact) mass is 494 g/mol. The maximum Gasteiger partial charge on any atom is 0.255 e. The molecule has 2 N–H and O–H groups in total. The van der Waals surface area contributed by atoms with Crippen molar-refractivity contribution in [2.24, 2.45) is 0 Å². The Hall–Kier alpha value is -2.36. The summed E-state index contributed by atoms with van der Waals surface area (Å²) in [6.45, 7) is 5.48. The van der Waals surface area contributed by atoms with Crippen molar-refractivity contribution in [1.82, 2.24) is 15.1 Å². The molecule has 3 rings (SSSR count). The number of benzene rings is 1. The number of likely N-dealkylation sites (tertiary alicyclic amines) is 2. The number of amides is 3. The van der Waals surface area contributed by atoms with Crippen LogP contribution in [0, 0.1) is 0 Å². The summed E-state index contributed by atoms with van der Waals surface area (Å²) in [5.74, 6) is -0.0131. The number of piperidine rings is 1. The topological polar surface area (TPSA) is 100 Å². The molecule has 2 heterocycles. The number of nitrogens with zero attached hydrogens (tertiary/aromatic N) is 2. The maximum atomic E-state index is 13.0. The van der Waals surface area contributed by atoms with Gasteiger partial charge < -0.3 is 29.9 Å². The Kier molecular flexibility index (Phi) is 9.55. The zero-order valence-electron chi connectivity index (χ0n) is 20.2. The molecule has 9 nitrogen and oxygen atoms in total. The van der Waals surface area contributed by atoms with Gasteiger partial charge in [0, 0.05) is 52.7 Å². The standard InChI is InChI=1S/C24H35ClN4O5/c1-16(30)26-20-14-21(33-2)17(13-18(20)25)24(32)27-19-8-12-28(15-22(19)34-3)9-6-7-23(31)29-10-4-5-11-29/h13-14,19,22H,4-12,15H2,1-3H3,(H,26,30)(H,27,32)/t19-,22+/m0/s1. The van der Waals surface area contributed by atoms with Gasteiger partial charge in [0.1, 0.15) is 5.75 Å². The average Bonchev–Trinajstić information content (AvgIpc) is 3.35. The highest BCUT2D eigenvalue weighted by Crippen LogP contribution is 2.31.